The quantitative estimate of drug-likeness (QED) is 0.639. The van der Waals surface area contributed by atoms with Crippen LogP contribution in [0.1, 0.15) is 17.5 Å². The zero-order chi connectivity index (χ0) is 10.2. The second-order valence-electron chi connectivity index (χ2n) is 3.45. The van der Waals surface area contributed by atoms with E-state index in [4.69, 9.17) is 4.74 Å². The Kier molecular flexibility index (Phi) is 8.38. The standard InChI is InChI=1S/C12H19NO.ClH/c1-11-6-3-4-7-12(11)10-13-8-5-9-14-2;/h3-4,6-7,13H,5,8-10H2,1-2H3;1H/p-1. The number of nitrogens with one attached hydrogen (secondary N) is 1. The number of aryl methyl sites for hydroxylation is 1. The van der Waals surface area contributed by atoms with Gasteiger partial charge in [0.2, 0.25) is 0 Å². The second-order valence-corrected chi connectivity index (χ2v) is 3.45. The van der Waals surface area contributed by atoms with Crippen LogP contribution in [0.15, 0.2) is 24.3 Å². The normalized spacial score (nSPS) is 9.73. The number of rotatable bonds is 6. The monoisotopic (exact) mass is 228 g/mol. The predicted octanol–water partition coefficient (Wildman–Crippen LogP) is -0.875. The van der Waals surface area contributed by atoms with Crippen LogP contribution < -0.4 is 17.7 Å². The van der Waals surface area contributed by atoms with E-state index in [1.54, 1.807) is 7.11 Å². The summed E-state index contributed by atoms with van der Waals surface area (Å²) in [7, 11) is 1.74. The highest BCUT2D eigenvalue weighted by Gasteiger charge is 1.95. The summed E-state index contributed by atoms with van der Waals surface area (Å²) in [5, 5.41) is 3.40. The van der Waals surface area contributed by atoms with Gasteiger partial charge in [0.05, 0.1) is 0 Å². The minimum Gasteiger partial charge on any atom is -1.00 e. The van der Waals surface area contributed by atoms with E-state index in [9.17, 15) is 0 Å². The molecule has 0 saturated carbocycles. The van der Waals surface area contributed by atoms with E-state index >= 15 is 0 Å². The lowest BCUT2D eigenvalue weighted by atomic mass is 10.1. The van der Waals surface area contributed by atoms with Gasteiger partial charge in [-0.15, -0.1) is 0 Å². The van der Waals surface area contributed by atoms with Crippen molar-refractivity contribution in [3.63, 3.8) is 0 Å². The van der Waals surface area contributed by atoms with E-state index < -0.39 is 0 Å². The molecule has 0 fully saturated rings. The highest BCUT2D eigenvalue weighted by molar-refractivity contribution is 5.25. The summed E-state index contributed by atoms with van der Waals surface area (Å²) in [5.41, 5.74) is 2.73. The van der Waals surface area contributed by atoms with Gasteiger partial charge in [0.1, 0.15) is 0 Å². The Balaban J connectivity index is 0.00000196. The molecule has 1 aromatic rings. The molecule has 0 aromatic heterocycles. The van der Waals surface area contributed by atoms with Crippen molar-refractivity contribution in [2.75, 3.05) is 20.3 Å². The van der Waals surface area contributed by atoms with Gasteiger partial charge in [-0.25, -0.2) is 0 Å². The summed E-state index contributed by atoms with van der Waals surface area (Å²) in [4.78, 5) is 0. The largest absolute Gasteiger partial charge is 1.00 e. The van der Waals surface area contributed by atoms with Gasteiger partial charge in [0, 0.05) is 20.3 Å². The third kappa shape index (κ3) is 5.78. The van der Waals surface area contributed by atoms with E-state index in [-0.39, 0.29) is 12.4 Å². The third-order valence-corrected chi connectivity index (χ3v) is 2.28. The Morgan fingerprint density at radius 1 is 1.27 bits per heavy atom. The molecule has 1 rings (SSSR count). The van der Waals surface area contributed by atoms with Gasteiger partial charge < -0.3 is 22.5 Å². The number of methoxy groups -OCH3 is 1. The first-order valence-corrected chi connectivity index (χ1v) is 5.08. The molecule has 0 saturated heterocycles. The molecule has 0 spiro atoms. The average molecular weight is 229 g/mol. The maximum Gasteiger partial charge on any atom is 0.0474 e. The van der Waals surface area contributed by atoms with Crippen molar-refractivity contribution in [3.8, 4) is 0 Å². The lowest BCUT2D eigenvalue weighted by molar-refractivity contribution is -0.00000342. The topological polar surface area (TPSA) is 21.3 Å². The fourth-order valence-corrected chi connectivity index (χ4v) is 1.37. The van der Waals surface area contributed by atoms with Gasteiger partial charge in [0.25, 0.3) is 0 Å². The zero-order valence-electron chi connectivity index (χ0n) is 9.42. The Morgan fingerprint density at radius 3 is 2.67 bits per heavy atom. The molecule has 2 nitrogen and oxygen atoms in total. The zero-order valence-corrected chi connectivity index (χ0v) is 10.2. The molecule has 0 radical (unpaired) electrons. The molecule has 0 aliphatic carbocycles. The van der Waals surface area contributed by atoms with Crippen molar-refractivity contribution < 1.29 is 17.1 Å². The van der Waals surface area contributed by atoms with E-state index in [0.717, 1.165) is 26.1 Å². The SMILES string of the molecule is COCCCNCc1ccccc1C.[Cl-]. The lowest BCUT2D eigenvalue weighted by Crippen LogP contribution is -3.00. The number of ether oxygens (including phenoxy) is 1. The van der Waals surface area contributed by atoms with E-state index in [0.29, 0.717) is 0 Å². The Morgan fingerprint density at radius 2 is 2.00 bits per heavy atom. The maximum atomic E-state index is 4.98. The molecule has 3 heteroatoms. The first-order chi connectivity index (χ1) is 6.84. The third-order valence-electron chi connectivity index (χ3n) is 2.28. The number of hydrogen-bond acceptors (Lipinski definition) is 2. The van der Waals surface area contributed by atoms with Gasteiger partial charge in [-0.2, -0.15) is 0 Å². The molecular formula is C12H19ClNO-. The van der Waals surface area contributed by atoms with Crippen LogP contribution in [0.3, 0.4) is 0 Å². The Labute approximate surface area is 98.4 Å². The van der Waals surface area contributed by atoms with Crippen LogP contribution in [0.5, 0.6) is 0 Å². The molecule has 0 atom stereocenters. The van der Waals surface area contributed by atoms with Gasteiger partial charge in [-0.1, -0.05) is 24.3 Å². The molecule has 0 heterocycles. The molecule has 0 amide bonds. The minimum atomic E-state index is 0. The van der Waals surface area contributed by atoms with Crippen molar-refractivity contribution in [2.45, 2.75) is 19.9 Å². The molecular weight excluding hydrogens is 210 g/mol. The Bertz CT molecular complexity index is 266. The number of hydrogen-bond donors (Lipinski definition) is 1. The van der Waals surface area contributed by atoms with E-state index in [1.165, 1.54) is 11.1 Å². The van der Waals surface area contributed by atoms with Crippen molar-refractivity contribution in [1.29, 1.82) is 0 Å². The van der Waals surface area contributed by atoms with Crippen LogP contribution >= 0.6 is 0 Å². The molecule has 1 aromatic carbocycles. The van der Waals surface area contributed by atoms with E-state index in [2.05, 4.69) is 36.5 Å². The second kappa shape index (κ2) is 8.72. The molecule has 0 unspecified atom stereocenters. The Hall–Kier alpha value is -0.570. The summed E-state index contributed by atoms with van der Waals surface area (Å²) in [6.45, 7) is 4.95. The fourth-order valence-electron chi connectivity index (χ4n) is 1.37. The lowest BCUT2D eigenvalue weighted by Gasteiger charge is -2.06. The van der Waals surface area contributed by atoms with Crippen LogP contribution in [0.4, 0.5) is 0 Å². The number of benzene rings is 1. The fraction of sp³-hybridized carbons (Fsp3) is 0.500. The van der Waals surface area contributed by atoms with Gasteiger partial charge in [0.15, 0.2) is 0 Å². The van der Waals surface area contributed by atoms with Crippen molar-refractivity contribution >= 4 is 0 Å². The maximum absolute atomic E-state index is 4.98. The molecule has 1 N–H and O–H groups in total. The van der Waals surface area contributed by atoms with Crippen LogP contribution in [-0.4, -0.2) is 20.3 Å². The molecule has 0 aliphatic heterocycles. The van der Waals surface area contributed by atoms with Crippen molar-refractivity contribution in [1.82, 2.24) is 5.32 Å². The summed E-state index contributed by atoms with van der Waals surface area (Å²) in [5.74, 6) is 0. The van der Waals surface area contributed by atoms with E-state index in [1.807, 2.05) is 0 Å². The highest BCUT2D eigenvalue weighted by atomic mass is 35.5. The molecule has 15 heavy (non-hydrogen) atoms. The number of halogens is 1. The summed E-state index contributed by atoms with van der Waals surface area (Å²) >= 11 is 0. The summed E-state index contributed by atoms with van der Waals surface area (Å²) in [6.07, 6.45) is 1.07. The van der Waals surface area contributed by atoms with Crippen LogP contribution in [0.2, 0.25) is 0 Å². The molecule has 86 valence electrons. The minimum absolute atomic E-state index is 0. The van der Waals surface area contributed by atoms with Crippen LogP contribution in [0, 0.1) is 6.92 Å². The molecule has 0 aliphatic rings. The summed E-state index contributed by atoms with van der Waals surface area (Å²) in [6, 6.07) is 8.47. The van der Waals surface area contributed by atoms with Crippen molar-refractivity contribution in [2.24, 2.45) is 0 Å². The first-order valence-electron chi connectivity index (χ1n) is 5.08. The predicted molar refractivity (Wildman–Crippen MR) is 59.4 cm³/mol. The van der Waals surface area contributed by atoms with Gasteiger partial charge in [-0.05, 0) is 31.0 Å². The highest BCUT2D eigenvalue weighted by Crippen LogP contribution is 2.05. The van der Waals surface area contributed by atoms with Crippen molar-refractivity contribution in [3.05, 3.63) is 35.4 Å². The van der Waals surface area contributed by atoms with Gasteiger partial charge >= 0.3 is 0 Å². The smallest absolute Gasteiger partial charge is 0.0474 e. The average Bonchev–Trinajstić information content (AvgIpc) is 2.20. The summed E-state index contributed by atoms with van der Waals surface area (Å²) < 4.78 is 4.98. The molecule has 0 bridgehead atoms. The first kappa shape index (κ1) is 14.4. The van der Waals surface area contributed by atoms with Crippen LogP contribution in [-0.2, 0) is 11.3 Å². The van der Waals surface area contributed by atoms with Crippen LogP contribution in [0.25, 0.3) is 0 Å². The van der Waals surface area contributed by atoms with Gasteiger partial charge in [-0.3, -0.25) is 0 Å².